The van der Waals surface area contributed by atoms with Gasteiger partial charge in [-0.2, -0.15) is 0 Å². The van der Waals surface area contributed by atoms with Crippen LogP contribution < -0.4 is 10.6 Å². The summed E-state index contributed by atoms with van der Waals surface area (Å²) in [6.07, 6.45) is 0.973. The maximum absolute atomic E-state index is 5.90. The van der Waals surface area contributed by atoms with E-state index in [1.165, 1.54) is 0 Å². The first kappa shape index (κ1) is 16.5. The molecule has 0 aliphatic heterocycles. The van der Waals surface area contributed by atoms with Gasteiger partial charge in [-0.15, -0.1) is 11.3 Å². The molecular formula is C18H22N4OS. The van der Waals surface area contributed by atoms with Gasteiger partial charge < -0.3 is 15.1 Å². The number of para-hydroxylation sites is 1. The summed E-state index contributed by atoms with van der Waals surface area (Å²) >= 11 is 1.70. The van der Waals surface area contributed by atoms with Crippen LogP contribution in [-0.4, -0.2) is 18.0 Å². The van der Waals surface area contributed by atoms with Crippen molar-refractivity contribution in [1.29, 1.82) is 0 Å². The summed E-state index contributed by atoms with van der Waals surface area (Å²) in [5.41, 5.74) is 1.94. The Hall–Kier alpha value is -2.34. The van der Waals surface area contributed by atoms with Gasteiger partial charge in [-0.3, -0.25) is 4.99 Å². The number of fused-ring (bicyclic) bond motifs is 1. The van der Waals surface area contributed by atoms with Crippen LogP contribution in [-0.2, 0) is 13.0 Å². The number of hydrogen-bond donors (Lipinski definition) is 2. The molecule has 5 nitrogen and oxygen atoms in total. The molecule has 1 atom stereocenters. The molecule has 6 heteroatoms. The SMILES string of the molecule is CCc1nc(CNC(=NC)NC(C)c2cc3ccccc3o2)cs1. The highest BCUT2D eigenvalue weighted by Gasteiger charge is 2.13. The topological polar surface area (TPSA) is 62.5 Å². The van der Waals surface area contributed by atoms with Gasteiger partial charge in [0.05, 0.1) is 23.3 Å². The van der Waals surface area contributed by atoms with Gasteiger partial charge >= 0.3 is 0 Å². The van der Waals surface area contributed by atoms with E-state index in [1.807, 2.05) is 18.2 Å². The van der Waals surface area contributed by atoms with Crippen LogP contribution in [0.2, 0.25) is 0 Å². The van der Waals surface area contributed by atoms with Crippen LogP contribution in [0, 0.1) is 0 Å². The van der Waals surface area contributed by atoms with Crippen molar-refractivity contribution in [1.82, 2.24) is 15.6 Å². The lowest BCUT2D eigenvalue weighted by Crippen LogP contribution is -2.38. The second-order valence-electron chi connectivity index (χ2n) is 5.56. The molecule has 0 radical (unpaired) electrons. The Morgan fingerprint density at radius 3 is 2.92 bits per heavy atom. The minimum Gasteiger partial charge on any atom is -0.459 e. The number of thiazole rings is 1. The third kappa shape index (κ3) is 3.76. The normalized spacial score (nSPS) is 13.2. The number of rotatable bonds is 5. The molecule has 0 aliphatic carbocycles. The highest BCUT2D eigenvalue weighted by atomic mass is 32.1. The molecule has 1 aromatic carbocycles. The zero-order valence-electron chi connectivity index (χ0n) is 14.2. The molecule has 3 rings (SSSR count). The molecule has 1 unspecified atom stereocenters. The third-order valence-electron chi connectivity index (χ3n) is 3.79. The fraction of sp³-hybridized carbons (Fsp3) is 0.333. The standard InChI is InChI=1S/C18H22N4OS/c1-4-17-22-14(11-24-17)10-20-18(19-3)21-12(2)16-9-13-7-5-6-8-15(13)23-16/h5-9,11-12H,4,10H2,1-3H3,(H2,19,20,21). The lowest BCUT2D eigenvalue weighted by atomic mass is 10.2. The van der Waals surface area contributed by atoms with Gasteiger partial charge in [0.15, 0.2) is 5.96 Å². The first-order valence-corrected chi connectivity index (χ1v) is 8.96. The number of aliphatic imine (C=N–C) groups is 1. The van der Waals surface area contributed by atoms with E-state index in [2.05, 4.69) is 52.0 Å². The number of hydrogen-bond acceptors (Lipinski definition) is 4. The Morgan fingerprint density at radius 1 is 1.38 bits per heavy atom. The molecule has 0 saturated heterocycles. The van der Waals surface area contributed by atoms with E-state index in [1.54, 1.807) is 18.4 Å². The highest BCUT2D eigenvalue weighted by Crippen LogP contribution is 2.23. The Labute approximate surface area is 145 Å². The second-order valence-corrected chi connectivity index (χ2v) is 6.51. The molecule has 0 bridgehead atoms. The number of guanidine groups is 1. The molecule has 0 amide bonds. The van der Waals surface area contributed by atoms with Crippen molar-refractivity contribution >= 4 is 28.3 Å². The van der Waals surface area contributed by atoms with Crippen molar-refractivity contribution in [3.63, 3.8) is 0 Å². The average molecular weight is 342 g/mol. The van der Waals surface area contributed by atoms with E-state index in [0.717, 1.165) is 39.8 Å². The van der Waals surface area contributed by atoms with E-state index in [-0.39, 0.29) is 6.04 Å². The largest absolute Gasteiger partial charge is 0.459 e. The van der Waals surface area contributed by atoms with Crippen molar-refractivity contribution in [2.75, 3.05) is 7.05 Å². The molecule has 0 fully saturated rings. The molecule has 2 heterocycles. The number of benzene rings is 1. The van der Waals surface area contributed by atoms with Crippen LogP contribution >= 0.6 is 11.3 Å². The molecule has 126 valence electrons. The molecule has 0 aliphatic rings. The van der Waals surface area contributed by atoms with Gasteiger partial charge in [0.25, 0.3) is 0 Å². The second kappa shape index (κ2) is 7.49. The van der Waals surface area contributed by atoms with Gasteiger partial charge in [0, 0.05) is 17.8 Å². The predicted molar refractivity (Wildman–Crippen MR) is 99.5 cm³/mol. The van der Waals surface area contributed by atoms with Crippen LogP contribution in [0.25, 0.3) is 11.0 Å². The highest BCUT2D eigenvalue weighted by molar-refractivity contribution is 7.09. The van der Waals surface area contributed by atoms with Crippen molar-refractivity contribution in [3.8, 4) is 0 Å². The lowest BCUT2D eigenvalue weighted by molar-refractivity contribution is 0.488. The zero-order valence-corrected chi connectivity index (χ0v) is 15.0. The number of aromatic nitrogens is 1. The molecule has 24 heavy (non-hydrogen) atoms. The number of nitrogens with zero attached hydrogens (tertiary/aromatic N) is 2. The van der Waals surface area contributed by atoms with Crippen LogP contribution in [0.15, 0.2) is 45.1 Å². The summed E-state index contributed by atoms with van der Waals surface area (Å²) in [5.74, 6) is 1.62. The maximum atomic E-state index is 5.90. The van der Waals surface area contributed by atoms with Crippen molar-refractivity contribution in [2.24, 2.45) is 4.99 Å². The molecule has 2 N–H and O–H groups in total. The maximum Gasteiger partial charge on any atom is 0.191 e. The Bertz CT molecular complexity index is 803. The first-order valence-electron chi connectivity index (χ1n) is 8.08. The predicted octanol–water partition coefficient (Wildman–Crippen LogP) is 3.88. The molecule has 0 saturated carbocycles. The molecular weight excluding hydrogens is 320 g/mol. The molecule has 2 aromatic heterocycles. The van der Waals surface area contributed by atoms with Crippen LogP contribution in [0.4, 0.5) is 0 Å². The zero-order chi connectivity index (χ0) is 16.9. The van der Waals surface area contributed by atoms with Crippen molar-refractivity contribution in [3.05, 3.63) is 52.2 Å². The molecule has 0 spiro atoms. The summed E-state index contributed by atoms with van der Waals surface area (Å²) < 4.78 is 5.90. The fourth-order valence-corrected chi connectivity index (χ4v) is 3.20. The van der Waals surface area contributed by atoms with Gasteiger partial charge in [-0.1, -0.05) is 25.1 Å². The van der Waals surface area contributed by atoms with E-state index in [9.17, 15) is 0 Å². The van der Waals surface area contributed by atoms with Crippen LogP contribution in [0.5, 0.6) is 0 Å². The van der Waals surface area contributed by atoms with Crippen LogP contribution in [0.3, 0.4) is 0 Å². The van der Waals surface area contributed by atoms with Crippen molar-refractivity contribution < 1.29 is 4.42 Å². The quantitative estimate of drug-likeness (QED) is 0.546. The van der Waals surface area contributed by atoms with Gasteiger partial charge in [-0.05, 0) is 25.5 Å². The van der Waals surface area contributed by atoms with E-state index < -0.39 is 0 Å². The fourth-order valence-electron chi connectivity index (χ4n) is 2.45. The summed E-state index contributed by atoms with van der Waals surface area (Å²) in [5, 5.41) is 11.0. The Balaban J connectivity index is 1.61. The minimum atomic E-state index is 0.0187. The van der Waals surface area contributed by atoms with Gasteiger partial charge in [0.1, 0.15) is 11.3 Å². The Kier molecular flexibility index (Phi) is 5.15. The van der Waals surface area contributed by atoms with Crippen LogP contribution in [0.1, 0.15) is 36.4 Å². The van der Waals surface area contributed by atoms with E-state index in [4.69, 9.17) is 4.42 Å². The first-order chi connectivity index (χ1) is 11.7. The molecule has 3 aromatic rings. The van der Waals surface area contributed by atoms with Gasteiger partial charge in [0.2, 0.25) is 0 Å². The number of nitrogens with one attached hydrogen (secondary N) is 2. The minimum absolute atomic E-state index is 0.0187. The average Bonchev–Trinajstić information content (AvgIpc) is 3.24. The third-order valence-corrected chi connectivity index (χ3v) is 4.83. The summed E-state index contributed by atoms with van der Waals surface area (Å²) in [6, 6.07) is 10.1. The van der Waals surface area contributed by atoms with Crippen molar-refractivity contribution in [2.45, 2.75) is 32.9 Å². The van der Waals surface area contributed by atoms with E-state index >= 15 is 0 Å². The number of furan rings is 1. The smallest absolute Gasteiger partial charge is 0.191 e. The number of aryl methyl sites for hydroxylation is 1. The van der Waals surface area contributed by atoms with Gasteiger partial charge in [-0.25, -0.2) is 4.98 Å². The summed E-state index contributed by atoms with van der Waals surface area (Å²) in [7, 11) is 1.76. The Morgan fingerprint density at radius 2 is 2.21 bits per heavy atom. The van der Waals surface area contributed by atoms with E-state index in [0.29, 0.717) is 6.54 Å². The summed E-state index contributed by atoms with van der Waals surface area (Å²) in [4.78, 5) is 8.83. The summed E-state index contributed by atoms with van der Waals surface area (Å²) in [6.45, 7) is 4.83. The monoisotopic (exact) mass is 342 g/mol. The lowest BCUT2D eigenvalue weighted by Gasteiger charge is -2.15.